The minimum atomic E-state index is -0.0706. The lowest BCUT2D eigenvalue weighted by atomic mass is 9.92. The fourth-order valence-corrected chi connectivity index (χ4v) is 4.51. The molecule has 1 saturated heterocycles. The zero-order chi connectivity index (χ0) is 18.5. The normalized spacial score (nSPS) is 19.4. The first-order chi connectivity index (χ1) is 13.3. The van der Waals surface area contributed by atoms with Crippen LogP contribution in [0.25, 0.3) is 11.4 Å². The van der Waals surface area contributed by atoms with E-state index in [1.807, 2.05) is 18.2 Å². The summed E-state index contributed by atoms with van der Waals surface area (Å²) in [7, 11) is 0. The van der Waals surface area contributed by atoms with Gasteiger partial charge in [-0.25, -0.2) is 0 Å². The van der Waals surface area contributed by atoms with Gasteiger partial charge in [0.1, 0.15) is 0 Å². The molecule has 0 bridgehead atoms. The number of nitrogens with zero attached hydrogens (tertiary/aromatic N) is 4. The molecular weight excluding hydrogens is 340 g/mol. The fraction of sp³-hybridized carbons (Fsp3) is 0.600. The SMILES string of the molecule is O=C(NCCC1CCN(C2CCCC2)CC1)c1ccccc1-c1nn[nH]n1. The molecule has 7 nitrogen and oxygen atoms in total. The van der Waals surface area contributed by atoms with E-state index in [0.29, 0.717) is 23.5 Å². The van der Waals surface area contributed by atoms with Gasteiger partial charge in [-0.1, -0.05) is 31.0 Å². The molecule has 7 heteroatoms. The zero-order valence-corrected chi connectivity index (χ0v) is 15.7. The number of H-pyrrole nitrogens is 1. The van der Waals surface area contributed by atoms with Gasteiger partial charge in [-0.05, 0) is 62.4 Å². The molecular formula is C20H28N6O. The topological polar surface area (TPSA) is 86.8 Å². The van der Waals surface area contributed by atoms with Crippen molar-refractivity contribution in [3.63, 3.8) is 0 Å². The highest BCUT2D eigenvalue weighted by Gasteiger charge is 2.27. The molecule has 1 saturated carbocycles. The summed E-state index contributed by atoms with van der Waals surface area (Å²) in [6, 6.07) is 8.23. The second-order valence-corrected chi connectivity index (χ2v) is 7.74. The maximum Gasteiger partial charge on any atom is 0.252 e. The Balaban J connectivity index is 1.25. The van der Waals surface area contributed by atoms with Crippen LogP contribution in [0.2, 0.25) is 0 Å². The maximum absolute atomic E-state index is 12.6. The number of hydrogen-bond donors (Lipinski definition) is 2. The van der Waals surface area contributed by atoms with Crippen molar-refractivity contribution in [2.45, 2.75) is 51.0 Å². The van der Waals surface area contributed by atoms with Crippen molar-refractivity contribution in [3.05, 3.63) is 29.8 Å². The van der Waals surface area contributed by atoms with Crippen molar-refractivity contribution in [2.24, 2.45) is 5.92 Å². The second-order valence-electron chi connectivity index (χ2n) is 7.74. The Bertz CT molecular complexity index is 733. The molecule has 1 aromatic heterocycles. The van der Waals surface area contributed by atoms with Crippen molar-refractivity contribution < 1.29 is 4.79 Å². The van der Waals surface area contributed by atoms with Crippen LogP contribution in [0.1, 0.15) is 55.3 Å². The van der Waals surface area contributed by atoms with Crippen LogP contribution in [-0.2, 0) is 0 Å². The Morgan fingerprint density at radius 1 is 1.15 bits per heavy atom. The van der Waals surface area contributed by atoms with Gasteiger partial charge < -0.3 is 10.2 Å². The summed E-state index contributed by atoms with van der Waals surface area (Å²) in [4.78, 5) is 15.3. The number of carbonyl (C=O) groups is 1. The average molecular weight is 368 g/mol. The van der Waals surface area contributed by atoms with E-state index in [9.17, 15) is 4.79 Å². The highest BCUT2D eigenvalue weighted by Crippen LogP contribution is 2.28. The van der Waals surface area contributed by atoms with Crippen molar-refractivity contribution in [2.75, 3.05) is 19.6 Å². The van der Waals surface area contributed by atoms with Crippen molar-refractivity contribution in [1.82, 2.24) is 30.8 Å². The molecule has 2 N–H and O–H groups in total. The van der Waals surface area contributed by atoms with Crippen molar-refractivity contribution in [1.29, 1.82) is 0 Å². The quantitative estimate of drug-likeness (QED) is 0.818. The fourth-order valence-electron chi connectivity index (χ4n) is 4.51. The Kier molecular flexibility index (Phi) is 5.77. The van der Waals surface area contributed by atoms with Gasteiger partial charge in [0.05, 0.1) is 5.56 Å². The molecule has 1 amide bonds. The zero-order valence-electron chi connectivity index (χ0n) is 15.7. The number of likely N-dealkylation sites (tertiary alicyclic amines) is 1. The maximum atomic E-state index is 12.6. The molecule has 0 spiro atoms. The Morgan fingerprint density at radius 3 is 2.67 bits per heavy atom. The molecule has 2 heterocycles. The Morgan fingerprint density at radius 2 is 1.93 bits per heavy atom. The summed E-state index contributed by atoms with van der Waals surface area (Å²) in [5, 5.41) is 17.1. The molecule has 1 aliphatic carbocycles. The van der Waals surface area contributed by atoms with E-state index < -0.39 is 0 Å². The number of piperidine rings is 1. The van der Waals surface area contributed by atoms with E-state index in [1.54, 1.807) is 6.07 Å². The van der Waals surface area contributed by atoms with Crippen LogP contribution >= 0.6 is 0 Å². The first-order valence-corrected chi connectivity index (χ1v) is 10.2. The smallest absolute Gasteiger partial charge is 0.252 e. The number of benzene rings is 1. The minimum absolute atomic E-state index is 0.0706. The van der Waals surface area contributed by atoms with Crippen molar-refractivity contribution >= 4 is 5.91 Å². The molecule has 2 aromatic rings. The van der Waals surface area contributed by atoms with Crippen LogP contribution in [0.15, 0.2) is 24.3 Å². The molecule has 2 aliphatic rings. The molecule has 0 radical (unpaired) electrons. The van der Waals surface area contributed by atoms with E-state index in [2.05, 4.69) is 30.8 Å². The van der Waals surface area contributed by atoms with Gasteiger partial charge in [0.15, 0.2) is 0 Å². The summed E-state index contributed by atoms with van der Waals surface area (Å²) >= 11 is 0. The van der Waals surface area contributed by atoms with Gasteiger partial charge in [-0.2, -0.15) is 5.21 Å². The summed E-state index contributed by atoms with van der Waals surface area (Å²) in [5.41, 5.74) is 1.29. The third-order valence-corrected chi connectivity index (χ3v) is 6.09. The van der Waals surface area contributed by atoms with Crippen LogP contribution in [0.5, 0.6) is 0 Å². The number of aromatic nitrogens is 4. The summed E-state index contributed by atoms with van der Waals surface area (Å²) in [6.45, 7) is 3.17. The first-order valence-electron chi connectivity index (χ1n) is 10.2. The summed E-state index contributed by atoms with van der Waals surface area (Å²) < 4.78 is 0. The number of rotatable bonds is 6. The van der Waals surface area contributed by atoms with Gasteiger partial charge in [0.2, 0.25) is 5.82 Å². The van der Waals surface area contributed by atoms with Gasteiger partial charge in [-0.15, -0.1) is 10.2 Å². The van der Waals surface area contributed by atoms with Crippen LogP contribution in [-0.4, -0.2) is 57.1 Å². The van der Waals surface area contributed by atoms with Crippen LogP contribution in [0.4, 0.5) is 0 Å². The third-order valence-electron chi connectivity index (χ3n) is 6.09. The molecule has 1 aromatic carbocycles. The lowest BCUT2D eigenvalue weighted by Crippen LogP contribution is -2.40. The molecule has 144 valence electrons. The monoisotopic (exact) mass is 368 g/mol. The molecule has 0 atom stereocenters. The molecule has 27 heavy (non-hydrogen) atoms. The number of tetrazole rings is 1. The van der Waals surface area contributed by atoms with E-state index in [-0.39, 0.29) is 5.91 Å². The lowest BCUT2D eigenvalue weighted by molar-refractivity contribution is 0.0945. The second kappa shape index (κ2) is 8.61. The summed E-state index contributed by atoms with van der Waals surface area (Å²) in [5.74, 6) is 1.09. The summed E-state index contributed by atoms with van der Waals surface area (Å²) in [6.07, 6.45) is 9.15. The number of hydrogen-bond acceptors (Lipinski definition) is 5. The Hall–Kier alpha value is -2.28. The third kappa shape index (κ3) is 4.35. The minimum Gasteiger partial charge on any atom is -0.352 e. The predicted molar refractivity (Wildman–Crippen MR) is 103 cm³/mol. The number of carbonyl (C=O) groups excluding carboxylic acids is 1. The molecule has 0 unspecified atom stereocenters. The van der Waals surface area contributed by atoms with Gasteiger partial charge in [-0.3, -0.25) is 4.79 Å². The lowest BCUT2D eigenvalue weighted by Gasteiger charge is -2.36. The number of amides is 1. The first kappa shape index (κ1) is 18.1. The van der Waals surface area contributed by atoms with E-state index in [0.717, 1.165) is 18.4 Å². The largest absolute Gasteiger partial charge is 0.352 e. The van der Waals surface area contributed by atoms with Gasteiger partial charge in [0.25, 0.3) is 5.91 Å². The molecule has 2 fully saturated rings. The van der Waals surface area contributed by atoms with Crippen LogP contribution in [0.3, 0.4) is 0 Å². The van der Waals surface area contributed by atoms with E-state index in [1.165, 1.54) is 51.6 Å². The van der Waals surface area contributed by atoms with E-state index >= 15 is 0 Å². The number of aromatic amines is 1. The van der Waals surface area contributed by atoms with Gasteiger partial charge in [0, 0.05) is 18.2 Å². The number of nitrogens with one attached hydrogen (secondary N) is 2. The van der Waals surface area contributed by atoms with Crippen LogP contribution in [0, 0.1) is 5.92 Å². The van der Waals surface area contributed by atoms with Crippen LogP contribution < -0.4 is 5.32 Å². The van der Waals surface area contributed by atoms with Gasteiger partial charge >= 0.3 is 0 Å². The average Bonchev–Trinajstić information content (AvgIpc) is 3.42. The van der Waals surface area contributed by atoms with Crippen molar-refractivity contribution in [3.8, 4) is 11.4 Å². The molecule has 1 aliphatic heterocycles. The van der Waals surface area contributed by atoms with E-state index in [4.69, 9.17) is 0 Å². The Labute approximate surface area is 159 Å². The predicted octanol–water partition coefficient (Wildman–Crippen LogP) is 2.64. The molecule has 4 rings (SSSR count). The standard InChI is InChI=1S/C20H28N6O/c27-20(18-8-4-3-7-17(18)19-22-24-25-23-19)21-12-9-15-10-13-26(14-11-15)16-5-1-2-6-16/h3-4,7-8,15-16H,1-2,5-6,9-14H2,(H,21,27)(H,22,23,24,25). The highest BCUT2D eigenvalue weighted by atomic mass is 16.1. The highest BCUT2D eigenvalue weighted by molar-refractivity contribution is 6.00.